The van der Waals surface area contributed by atoms with Crippen LogP contribution in [0.5, 0.6) is 0 Å². The largest absolute Gasteiger partial charge is 0.444 e. The van der Waals surface area contributed by atoms with Gasteiger partial charge in [-0.25, -0.2) is 14.8 Å². The topological polar surface area (TPSA) is 128 Å². The molecule has 2 aromatic carbocycles. The molecule has 11 nitrogen and oxygen atoms in total. The Hall–Kier alpha value is -5.37. The van der Waals surface area contributed by atoms with E-state index in [1.54, 1.807) is 7.05 Å². The van der Waals surface area contributed by atoms with E-state index in [-0.39, 0.29) is 5.91 Å². The van der Waals surface area contributed by atoms with Crippen LogP contribution in [0.4, 0.5) is 27.8 Å². The first-order valence-electron chi connectivity index (χ1n) is 15.3. The number of anilines is 4. The summed E-state index contributed by atoms with van der Waals surface area (Å²) in [6.07, 6.45) is 6.52. The minimum Gasteiger partial charge on any atom is -0.444 e. The minimum absolute atomic E-state index is 0.324. The molecule has 2 amide bonds. The molecule has 0 aliphatic carbocycles. The fourth-order valence-corrected chi connectivity index (χ4v) is 5.57. The molecule has 1 aliphatic heterocycles. The number of hydrogen-bond acceptors (Lipinski definition) is 8. The van der Waals surface area contributed by atoms with E-state index >= 15 is 0 Å². The maximum Gasteiger partial charge on any atom is 0.410 e. The van der Waals surface area contributed by atoms with Gasteiger partial charge >= 0.3 is 6.09 Å². The van der Waals surface area contributed by atoms with Gasteiger partial charge in [0.2, 0.25) is 11.9 Å². The zero-order chi connectivity index (χ0) is 33.2. The lowest BCUT2D eigenvalue weighted by molar-refractivity contribution is -0.111. The first-order chi connectivity index (χ1) is 21.9. The monoisotopic (exact) mass is 620 g/mol. The number of nitrogens with one attached hydrogen (secondary N) is 2. The van der Waals surface area contributed by atoms with Gasteiger partial charge in [0.15, 0.2) is 0 Å². The first-order valence-corrected chi connectivity index (χ1v) is 15.3. The summed E-state index contributed by atoms with van der Waals surface area (Å²) in [6, 6.07) is 12.3. The average molecular weight is 621 g/mol. The highest BCUT2D eigenvalue weighted by Gasteiger charge is 2.22. The predicted octanol–water partition coefficient (Wildman–Crippen LogP) is 6.40. The molecule has 0 spiro atoms. The summed E-state index contributed by atoms with van der Waals surface area (Å²) in [5.41, 5.74) is 6.60. The SMILES string of the molecule is C=CC(=O)Nc1cc(Nc2ncc(C#N)c(-c3cn4c5c(cccc35)CCC4)n2)c(C)cc1N(C)CCN(C)C(=O)OC(C)(C)C. The summed E-state index contributed by atoms with van der Waals surface area (Å²) in [7, 11) is 3.58. The number of ether oxygens (including phenoxy) is 1. The molecular formula is C35H40N8O3. The van der Waals surface area contributed by atoms with Gasteiger partial charge in [-0.1, -0.05) is 24.8 Å². The highest BCUT2D eigenvalue weighted by atomic mass is 16.6. The van der Waals surface area contributed by atoms with E-state index < -0.39 is 11.7 Å². The van der Waals surface area contributed by atoms with Gasteiger partial charge in [-0.15, -0.1) is 0 Å². The van der Waals surface area contributed by atoms with Crippen molar-refractivity contribution in [1.29, 1.82) is 5.26 Å². The lowest BCUT2D eigenvalue weighted by atomic mass is 10.0. The van der Waals surface area contributed by atoms with Gasteiger partial charge in [0.25, 0.3) is 0 Å². The van der Waals surface area contributed by atoms with Crippen molar-refractivity contribution < 1.29 is 14.3 Å². The molecule has 0 unspecified atom stereocenters. The van der Waals surface area contributed by atoms with E-state index in [1.165, 1.54) is 28.3 Å². The third-order valence-electron chi connectivity index (χ3n) is 7.91. The molecule has 2 aromatic heterocycles. The molecule has 0 fully saturated rings. The van der Waals surface area contributed by atoms with Crippen molar-refractivity contribution in [2.45, 2.75) is 52.7 Å². The minimum atomic E-state index is -0.589. The van der Waals surface area contributed by atoms with Crippen LogP contribution in [0, 0.1) is 18.3 Å². The predicted molar refractivity (Wildman–Crippen MR) is 181 cm³/mol. The Morgan fingerprint density at radius 2 is 1.98 bits per heavy atom. The van der Waals surface area contributed by atoms with Crippen molar-refractivity contribution in [3.63, 3.8) is 0 Å². The number of amides is 2. The Morgan fingerprint density at radius 1 is 1.20 bits per heavy atom. The molecule has 2 N–H and O–H groups in total. The van der Waals surface area contributed by atoms with Crippen molar-refractivity contribution in [1.82, 2.24) is 19.4 Å². The smallest absolute Gasteiger partial charge is 0.410 e. The van der Waals surface area contributed by atoms with Crippen LogP contribution >= 0.6 is 0 Å². The zero-order valence-electron chi connectivity index (χ0n) is 27.3. The molecule has 0 radical (unpaired) electrons. The van der Waals surface area contributed by atoms with Crippen LogP contribution in [-0.4, -0.2) is 64.2 Å². The molecule has 238 valence electrons. The molecule has 4 aromatic rings. The molecule has 11 heteroatoms. The number of benzene rings is 2. The van der Waals surface area contributed by atoms with Crippen LogP contribution in [0.3, 0.4) is 0 Å². The van der Waals surface area contributed by atoms with Crippen molar-refractivity contribution in [2.24, 2.45) is 0 Å². The van der Waals surface area contributed by atoms with Crippen molar-refractivity contribution in [3.8, 4) is 17.3 Å². The molecular weight excluding hydrogens is 580 g/mol. The third kappa shape index (κ3) is 6.81. The van der Waals surface area contributed by atoms with Gasteiger partial charge in [-0.05, 0) is 69.9 Å². The summed E-state index contributed by atoms with van der Waals surface area (Å²) in [5, 5.41) is 17.2. The zero-order valence-corrected chi connectivity index (χ0v) is 27.3. The number of nitriles is 1. The van der Waals surface area contributed by atoms with Crippen LogP contribution in [0.2, 0.25) is 0 Å². The number of aromatic nitrogens is 3. The van der Waals surface area contributed by atoms with E-state index in [2.05, 4.69) is 57.2 Å². The number of aryl methyl sites for hydroxylation is 3. The number of para-hydroxylation sites is 1. The molecule has 1 aliphatic rings. The summed E-state index contributed by atoms with van der Waals surface area (Å²) >= 11 is 0. The fourth-order valence-electron chi connectivity index (χ4n) is 5.57. The van der Waals surface area contributed by atoms with Crippen molar-refractivity contribution in [2.75, 3.05) is 42.7 Å². The summed E-state index contributed by atoms with van der Waals surface area (Å²) in [6.45, 7) is 12.8. The van der Waals surface area contributed by atoms with Crippen LogP contribution in [-0.2, 0) is 22.5 Å². The quantitative estimate of drug-likeness (QED) is 0.206. The lowest BCUT2D eigenvalue weighted by Crippen LogP contribution is -2.38. The average Bonchev–Trinajstić information content (AvgIpc) is 3.40. The Kier molecular flexibility index (Phi) is 9.00. The summed E-state index contributed by atoms with van der Waals surface area (Å²) in [4.78, 5) is 37.7. The Labute approximate surface area is 269 Å². The highest BCUT2D eigenvalue weighted by Crippen LogP contribution is 2.37. The van der Waals surface area contributed by atoms with Gasteiger partial charge in [0.1, 0.15) is 11.7 Å². The van der Waals surface area contributed by atoms with Crippen LogP contribution in [0.1, 0.15) is 43.9 Å². The van der Waals surface area contributed by atoms with Crippen LogP contribution in [0.25, 0.3) is 22.2 Å². The van der Waals surface area contributed by atoms with E-state index in [4.69, 9.17) is 9.72 Å². The fraction of sp³-hybridized carbons (Fsp3) is 0.343. The normalized spacial score (nSPS) is 12.3. The van der Waals surface area contributed by atoms with Gasteiger partial charge in [0, 0.05) is 56.6 Å². The highest BCUT2D eigenvalue weighted by molar-refractivity contribution is 6.02. The number of likely N-dealkylation sites (N-methyl/N-ethyl adjacent to an activating group) is 2. The van der Waals surface area contributed by atoms with Crippen LogP contribution < -0.4 is 15.5 Å². The number of nitrogens with zero attached hydrogens (tertiary/aromatic N) is 6. The van der Waals surface area contributed by atoms with E-state index in [9.17, 15) is 14.9 Å². The number of carbonyl (C=O) groups excluding carboxylic acids is 2. The molecule has 0 saturated carbocycles. The number of hydrogen-bond donors (Lipinski definition) is 2. The van der Waals surface area contributed by atoms with Gasteiger partial charge in [-0.2, -0.15) is 5.26 Å². The molecule has 46 heavy (non-hydrogen) atoms. The van der Waals surface area contributed by atoms with E-state index in [1.807, 2.05) is 51.8 Å². The van der Waals surface area contributed by atoms with E-state index in [0.717, 1.165) is 41.6 Å². The second-order valence-electron chi connectivity index (χ2n) is 12.5. The Balaban J connectivity index is 1.44. The number of rotatable bonds is 9. The molecule has 0 atom stereocenters. The Bertz CT molecular complexity index is 1860. The first kappa shape index (κ1) is 32.0. The summed E-state index contributed by atoms with van der Waals surface area (Å²) in [5.74, 6) is -0.0366. The maximum atomic E-state index is 12.5. The maximum absolute atomic E-state index is 12.5. The van der Waals surface area contributed by atoms with Crippen LogP contribution in [0.15, 0.2) is 55.4 Å². The van der Waals surface area contributed by atoms with Gasteiger partial charge in [0.05, 0.1) is 34.3 Å². The molecule has 5 rings (SSSR count). The summed E-state index contributed by atoms with van der Waals surface area (Å²) < 4.78 is 7.72. The third-order valence-corrected chi connectivity index (χ3v) is 7.91. The second kappa shape index (κ2) is 12.9. The Morgan fingerprint density at radius 3 is 2.70 bits per heavy atom. The van der Waals surface area contributed by atoms with Gasteiger partial charge < -0.3 is 29.7 Å². The van der Waals surface area contributed by atoms with E-state index in [0.29, 0.717) is 41.7 Å². The molecule has 0 bridgehead atoms. The molecule has 0 saturated heterocycles. The lowest BCUT2D eigenvalue weighted by Gasteiger charge is -2.28. The number of carbonyl (C=O) groups is 2. The molecule has 3 heterocycles. The standard InChI is InChI=1S/C35H40N8O3/c1-8-30(44)38-28-18-27(22(2)17-29(28)41(6)15-16-42(7)34(45)46-35(3,4)5)39-33-37-20-24(19-36)31(40-33)26-21-43-14-10-12-23-11-9-13-25(26)32(23)43/h8-9,11,13,17-18,20-21H,1,10,12,14-16H2,2-7H3,(H,38,44)(H,37,39,40). The second-order valence-corrected chi connectivity index (χ2v) is 12.5. The van der Waals surface area contributed by atoms with Crippen molar-refractivity contribution in [3.05, 3.63) is 72.1 Å². The van der Waals surface area contributed by atoms with Crippen molar-refractivity contribution >= 4 is 45.9 Å². The van der Waals surface area contributed by atoms with Gasteiger partial charge in [-0.3, -0.25) is 4.79 Å².